The third-order valence-corrected chi connectivity index (χ3v) is 3.34. The molecule has 1 aliphatic rings. The van der Waals surface area contributed by atoms with Crippen LogP contribution in [-0.2, 0) is 4.79 Å². The summed E-state index contributed by atoms with van der Waals surface area (Å²) in [6.07, 6.45) is 4.18. The molecule has 6 heteroatoms. The Morgan fingerprint density at radius 2 is 2.05 bits per heavy atom. The van der Waals surface area contributed by atoms with Crippen LogP contribution in [0.2, 0.25) is 0 Å². The van der Waals surface area contributed by atoms with Gasteiger partial charge in [0.2, 0.25) is 5.91 Å². The number of nitrogens with two attached hydrogens (primary N) is 1. The van der Waals surface area contributed by atoms with Gasteiger partial charge < -0.3 is 15.7 Å². The third kappa shape index (κ3) is 3.21. The molecule has 1 heterocycles. The molecule has 1 aliphatic carbocycles. The summed E-state index contributed by atoms with van der Waals surface area (Å²) >= 11 is 0. The van der Waals surface area contributed by atoms with Gasteiger partial charge in [0.25, 0.3) is 0 Å². The summed E-state index contributed by atoms with van der Waals surface area (Å²) in [7, 11) is 0. The molecule has 2 rings (SSSR count). The van der Waals surface area contributed by atoms with E-state index in [1.807, 2.05) is 4.90 Å². The number of nitrogens with zero attached hydrogens (tertiary/aromatic N) is 2. The van der Waals surface area contributed by atoms with Gasteiger partial charge in [-0.25, -0.2) is 9.78 Å². The van der Waals surface area contributed by atoms with E-state index >= 15 is 0 Å². The van der Waals surface area contributed by atoms with Gasteiger partial charge in [-0.1, -0.05) is 18.9 Å². The van der Waals surface area contributed by atoms with E-state index in [0.29, 0.717) is 5.82 Å². The van der Waals surface area contributed by atoms with E-state index in [1.54, 1.807) is 12.1 Å². The van der Waals surface area contributed by atoms with Gasteiger partial charge in [-0.15, -0.1) is 0 Å². The van der Waals surface area contributed by atoms with Crippen LogP contribution in [-0.4, -0.2) is 34.6 Å². The van der Waals surface area contributed by atoms with E-state index in [4.69, 9.17) is 10.8 Å². The first-order chi connectivity index (χ1) is 9.08. The molecule has 1 saturated carbocycles. The fourth-order valence-electron chi connectivity index (χ4n) is 2.48. The van der Waals surface area contributed by atoms with Crippen molar-refractivity contribution >= 4 is 17.7 Å². The maximum atomic E-state index is 11.2. The van der Waals surface area contributed by atoms with Crippen molar-refractivity contribution in [3.63, 3.8) is 0 Å². The number of aromatic nitrogens is 1. The Labute approximate surface area is 111 Å². The van der Waals surface area contributed by atoms with Gasteiger partial charge in [0, 0.05) is 6.04 Å². The number of aromatic carboxylic acids is 1. The number of rotatable bonds is 5. The zero-order chi connectivity index (χ0) is 13.8. The van der Waals surface area contributed by atoms with Gasteiger partial charge in [-0.3, -0.25) is 4.79 Å². The molecule has 1 amide bonds. The molecule has 0 aliphatic heterocycles. The first-order valence-corrected chi connectivity index (χ1v) is 6.33. The lowest BCUT2D eigenvalue weighted by Gasteiger charge is -2.28. The Hall–Kier alpha value is -2.11. The molecular weight excluding hydrogens is 246 g/mol. The topological polar surface area (TPSA) is 96.5 Å². The number of hydrogen-bond acceptors (Lipinski definition) is 4. The second-order valence-electron chi connectivity index (χ2n) is 4.72. The molecule has 1 aromatic rings. The van der Waals surface area contributed by atoms with Crippen LogP contribution in [0.5, 0.6) is 0 Å². The molecule has 6 nitrogen and oxygen atoms in total. The number of carbonyl (C=O) groups is 2. The minimum atomic E-state index is -1.08. The lowest BCUT2D eigenvalue weighted by atomic mass is 10.2. The van der Waals surface area contributed by atoms with Crippen LogP contribution in [0.4, 0.5) is 5.82 Å². The second-order valence-corrected chi connectivity index (χ2v) is 4.72. The predicted octanol–water partition coefficient (Wildman–Crippen LogP) is 1.01. The molecule has 1 aromatic heterocycles. The zero-order valence-corrected chi connectivity index (χ0v) is 10.6. The summed E-state index contributed by atoms with van der Waals surface area (Å²) in [5, 5.41) is 8.97. The summed E-state index contributed by atoms with van der Waals surface area (Å²) in [5.41, 5.74) is 5.25. The smallest absolute Gasteiger partial charge is 0.354 e. The highest BCUT2D eigenvalue weighted by molar-refractivity contribution is 5.86. The molecule has 0 unspecified atom stereocenters. The first-order valence-electron chi connectivity index (χ1n) is 6.33. The van der Waals surface area contributed by atoms with Crippen molar-refractivity contribution in [1.29, 1.82) is 0 Å². The number of carboxylic acids is 1. The van der Waals surface area contributed by atoms with E-state index in [-0.39, 0.29) is 18.3 Å². The third-order valence-electron chi connectivity index (χ3n) is 3.34. The minimum absolute atomic E-state index is 0.0232. The average molecular weight is 263 g/mol. The SMILES string of the molecule is NC(=O)CN(c1cccc(C(=O)O)n1)C1CCCC1. The zero-order valence-electron chi connectivity index (χ0n) is 10.6. The number of carboxylic acid groups (broad SMARTS) is 1. The lowest BCUT2D eigenvalue weighted by molar-refractivity contribution is -0.116. The van der Waals surface area contributed by atoms with E-state index in [2.05, 4.69) is 4.98 Å². The van der Waals surface area contributed by atoms with E-state index in [0.717, 1.165) is 25.7 Å². The van der Waals surface area contributed by atoms with Gasteiger partial charge in [0.1, 0.15) is 5.82 Å². The van der Waals surface area contributed by atoms with E-state index in [1.165, 1.54) is 6.07 Å². The number of pyridine rings is 1. The van der Waals surface area contributed by atoms with Gasteiger partial charge in [0.15, 0.2) is 5.69 Å². The molecule has 0 spiro atoms. The van der Waals surface area contributed by atoms with Crippen molar-refractivity contribution < 1.29 is 14.7 Å². The van der Waals surface area contributed by atoms with Crippen LogP contribution in [0.3, 0.4) is 0 Å². The molecule has 0 bridgehead atoms. The summed E-state index contributed by atoms with van der Waals surface area (Å²) in [6.45, 7) is 0.0702. The van der Waals surface area contributed by atoms with Crippen molar-refractivity contribution in [1.82, 2.24) is 4.98 Å². The van der Waals surface area contributed by atoms with Crippen LogP contribution in [0.15, 0.2) is 18.2 Å². The van der Waals surface area contributed by atoms with Crippen molar-refractivity contribution in [2.45, 2.75) is 31.7 Å². The van der Waals surface area contributed by atoms with E-state index < -0.39 is 11.9 Å². The van der Waals surface area contributed by atoms with Crippen molar-refractivity contribution in [3.8, 4) is 0 Å². The van der Waals surface area contributed by atoms with Crippen LogP contribution in [0.1, 0.15) is 36.2 Å². The van der Waals surface area contributed by atoms with Crippen LogP contribution >= 0.6 is 0 Å². The molecule has 19 heavy (non-hydrogen) atoms. The summed E-state index contributed by atoms with van der Waals surface area (Å²) in [5.74, 6) is -1.01. The maximum Gasteiger partial charge on any atom is 0.354 e. The predicted molar refractivity (Wildman–Crippen MR) is 70.0 cm³/mol. The van der Waals surface area contributed by atoms with Crippen LogP contribution < -0.4 is 10.6 Å². The van der Waals surface area contributed by atoms with Crippen LogP contribution in [0, 0.1) is 0 Å². The highest BCUT2D eigenvalue weighted by Gasteiger charge is 2.25. The van der Waals surface area contributed by atoms with Crippen molar-refractivity contribution in [2.75, 3.05) is 11.4 Å². The average Bonchev–Trinajstić information content (AvgIpc) is 2.89. The Kier molecular flexibility index (Phi) is 3.99. The number of hydrogen-bond donors (Lipinski definition) is 2. The van der Waals surface area contributed by atoms with Crippen molar-refractivity contribution in [2.24, 2.45) is 5.73 Å². The normalized spacial score (nSPS) is 15.4. The summed E-state index contributed by atoms with van der Waals surface area (Å²) in [4.78, 5) is 28.1. The number of primary amides is 1. The maximum absolute atomic E-state index is 11.2. The fraction of sp³-hybridized carbons (Fsp3) is 0.462. The Balaban J connectivity index is 2.28. The largest absolute Gasteiger partial charge is 0.477 e. The highest BCUT2D eigenvalue weighted by atomic mass is 16.4. The molecule has 3 N–H and O–H groups in total. The standard InChI is InChI=1S/C13H17N3O3/c14-11(17)8-16(9-4-1-2-5-9)12-7-3-6-10(15-12)13(18)19/h3,6-7,9H,1-2,4-5,8H2,(H2,14,17)(H,18,19). The monoisotopic (exact) mass is 263 g/mol. The van der Waals surface area contributed by atoms with Gasteiger partial charge in [-0.2, -0.15) is 0 Å². The number of carbonyl (C=O) groups excluding carboxylic acids is 1. The quantitative estimate of drug-likeness (QED) is 0.826. The van der Waals surface area contributed by atoms with Gasteiger partial charge in [0.05, 0.1) is 6.54 Å². The molecule has 0 aromatic carbocycles. The summed E-state index contributed by atoms with van der Waals surface area (Å²) in [6, 6.07) is 5.00. The summed E-state index contributed by atoms with van der Waals surface area (Å²) < 4.78 is 0. The molecular formula is C13H17N3O3. The van der Waals surface area contributed by atoms with E-state index in [9.17, 15) is 9.59 Å². The Morgan fingerprint density at radius 1 is 1.37 bits per heavy atom. The minimum Gasteiger partial charge on any atom is -0.477 e. The molecule has 1 fully saturated rings. The Morgan fingerprint density at radius 3 is 2.63 bits per heavy atom. The second kappa shape index (κ2) is 5.69. The number of amides is 1. The molecule has 0 radical (unpaired) electrons. The van der Waals surface area contributed by atoms with Crippen molar-refractivity contribution in [3.05, 3.63) is 23.9 Å². The fourth-order valence-corrected chi connectivity index (χ4v) is 2.48. The molecule has 102 valence electrons. The molecule has 0 saturated heterocycles. The van der Waals surface area contributed by atoms with Gasteiger partial charge >= 0.3 is 5.97 Å². The lowest BCUT2D eigenvalue weighted by Crippen LogP contribution is -2.40. The number of anilines is 1. The highest BCUT2D eigenvalue weighted by Crippen LogP contribution is 2.27. The molecule has 0 atom stereocenters. The first kappa shape index (κ1) is 13.3. The van der Waals surface area contributed by atoms with Crippen LogP contribution in [0.25, 0.3) is 0 Å². The van der Waals surface area contributed by atoms with Gasteiger partial charge in [-0.05, 0) is 25.0 Å². The Bertz CT molecular complexity index is 484.